The van der Waals surface area contributed by atoms with E-state index >= 15 is 0 Å². The molecule has 6 nitrogen and oxygen atoms in total. The topological polar surface area (TPSA) is 91.9 Å². The van der Waals surface area contributed by atoms with Crippen molar-refractivity contribution < 1.29 is 24.9 Å². The number of carboxylic acid groups (broad SMARTS) is 1. The zero-order valence-electron chi connectivity index (χ0n) is 13.9. The van der Waals surface area contributed by atoms with E-state index in [1.165, 1.54) is 0 Å². The molecule has 0 bridgehead atoms. The maximum atomic E-state index is 10.8. The summed E-state index contributed by atoms with van der Waals surface area (Å²) in [6, 6.07) is 13.6. The molecule has 3 aromatic rings. The maximum absolute atomic E-state index is 10.8. The van der Waals surface area contributed by atoms with Gasteiger partial charge in [-0.25, -0.2) is 4.79 Å². The average molecular weight is 353 g/mol. The number of ether oxygens (including phenoxy) is 1. The highest BCUT2D eigenvalue weighted by Crippen LogP contribution is 2.38. The molecule has 3 atom stereocenters. The van der Waals surface area contributed by atoms with Gasteiger partial charge in [0.1, 0.15) is 12.3 Å². The molecule has 26 heavy (non-hydrogen) atoms. The molecule has 0 unspecified atom stereocenters. The van der Waals surface area contributed by atoms with Crippen molar-refractivity contribution in [1.82, 2.24) is 4.57 Å². The number of nitrogens with zero attached hydrogens (tertiary/aromatic N) is 1. The molecule has 1 aliphatic rings. The summed E-state index contributed by atoms with van der Waals surface area (Å²) in [4.78, 5) is 10.8. The average Bonchev–Trinajstić information content (AvgIpc) is 3.17. The highest BCUT2D eigenvalue weighted by atomic mass is 16.5. The van der Waals surface area contributed by atoms with E-state index in [9.17, 15) is 15.0 Å². The normalized spacial score (nSPS) is 23.4. The van der Waals surface area contributed by atoms with Crippen LogP contribution in [-0.2, 0) is 9.53 Å². The Morgan fingerprint density at radius 1 is 1.19 bits per heavy atom. The van der Waals surface area contributed by atoms with E-state index in [2.05, 4.69) is 0 Å². The summed E-state index contributed by atoms with van der Waals surface area (Å²) in [5.41, 5.74) is 2.70. The van der Waals surface area contributed by atoms with Crippen molar-refractivity contribution in [2.75, 3.05) is 6.61 Å². The minimum atomic E-state index is -0.990. The second kappa shape index (κ2) is 6.57. The van der Waals surface area contributed by atoms with Crippen LogP contribution in [0.5, 0.6) is 0 Å². The van der Waals surface area contributed by atoms with Gasteiger partial charge in [-0.2, -0.15) is 0 Å². The van der Waals surface area contributed by atoms with Crippen LogP contribution in [0.1, 0.15) is 18.2 Å². The van der Waals surface area contributed by atoms with Crippen molar-refractivity contribution in [2.24, 2.45) is 0 Å². The number of hydrogen-bond acceptors (Lipinski definition) is 4. The van der Waals surface area contributed by atoms with Gasteiger partial charge < -0.3 is 24.6 Å². The van der Waals surface area contributed by atoms with Crippen LogP contribution in [0, 0.1) is 0 Å². The first kappa shape index (κ1) is 16.8. The molecule has 0 spiro atoms. The van der Waals surface area contributed by atoms with E-state index in [1.54, 1.807) is 6.08 Å². The zero-order chi connectivity index (χ0) is 18.3. The number of rotatable bonds is 4. The fraction of sp³-hybridized carbons (Fsp3) is 0.250. The van der Waals surface area contributed by atoms with Crippen LogP contribution in [0.25, 0.3) is 27.9 Å². The molecule has 0 aliphatic carbocycles. The highest BCUT2D eigenvalue weighted by Gasteiger charge is 2.35. The Hall–Kier alpha value is -2.67. The van der Waals surface area contributed by atoms with Crippen LogP contribution in [0.3, 0.4) is 0 Å². The Kier molecular flexibility index (Phi) is 4.24. The van der Waals surface area contributed by atoms with Gasteiger partial charge in [-0.05, 0) is 29.8 Å². The van der Waals surface area contributed by atoms with Crippen LogP contribution >= 0.6 is 0 Å². The standard InChI is InChI=1S/C20H19NO5/c22-11-18-17(23)10-19(26-18)21-15-4-2-1-3-13(15)14-9-12(5-7-16(14)21)6-8-20(24)25/h1-9,17-19,22-23H,10-11H2,(H,24,25)/b8-6+/t17-,18-,19-/m1/s1. The summed E-state index contributed by atoms with van der Waals surface area (Å²) in [5.74, 6) is -0.990. The summed E-state index contributed by atoms with van der Waals surface area (Å²) in [7, 11) is 0. The van der Waals surface area contributed by atoms with Crippen molar-refractivity contribution in [3.63, 3.8) is 0 Å². The van der Waals surface area contributed by atoms with Gasteiger partial charge in [0.2, 0.25) is 0 Å². The van der Waals surface area contributed by atoms with Gasteiger partial charge in [0.15, 0.2) is 0 Å². The van der Waals surface area contributed by atoms with Crippen molar-refractivity contribution in [3.8, 4) is 0 Å². The van der Waals surface area contributed by atoms with E-state index in [1.807, 2.05) is 47.0 Å². The first-order valence-electron chi connectivity index (χ1n) is 8.46. The molecule has 4 rings (SSSR count). The molecule has 2 aromatic carbocycles. The van der Waals surface area contributed by atoms with Gasteiger partial charge >= 0.3 is 5.97 Å². The largest absolute Gasteiger partial charge is 0.478 e. The summed E-state index contributed by atoms with van der Waals surface area (Å²) >= 11 is 0. The third-order valence-corrected chi connectivity index (χ3v) is 4.82. The molecule has 3 N–H and O–H groups in total. The lowest BCUT2D eigenvalue weighted by Crippen LogP contribution is -2.24. The molecule has 134 valence electrons. The van der Waals surface area contributed by atoms with E-state index in [-0.39, 0.29) is 12.8 Å². The molecule has 1 fully saturated rings. The van der Waals surface area contributed by atoms with Crippen molar-refractivity contribution >= 4 is 33.9 Å². The van der Waals surface area contributed by atoms with Crippen molar-refractivity contribution in [3.05, 3.63) is 54.1 Å². The van der Waals surface area contributed by atoms with Crippen LogP contribution < -0.4 is 0 Å². The van der Waals surface area contributed by atoms with E-state index in [4.69, 9.17) is 9.84 Å². The Morgan fingerprint density at radius 2 is 1.96 bits per heavy atom. The number of hydrogen-bond donors (Lipinski definition) is 3. The first-order chi connectivity index (χ1) is 12.6. The molecule has 2 heterocycles. The number of carbonyl (C=O) groups is 1. The number of aliphatic hydroxyl groups is 2. The number of benzene rings is 2. The summed E-state index contributed by atoms with van der Waals surface area (Å²) in [6.45, 7) is -0.223. The molecule has 0 radical (unpaired) electrons. The monoisotopic (exact) mass is 353 g/mol. The van der Waals surface area contributed by atoms with Crippen LogP contribution in [0.2, 0.25) is 0 Å². The lowest BCUT2D eigenvalue weighted by molar-refractivity contribution is -0.131. The second-order valence-electron chi connectivity index (χ2n) is 6.45. The number of carboxylic acids is 1. The number of para-hydroxylation sites is 1. The Labute approximate surface area is 149 Å². The smallest absolute Gasteiger partial charge is 0.328 e. The third kappa shape index (κ3) is 2.78. The minimum Gasteiger partial charge on any atom is -0.478 e. The number of aromatic nitrogens is 1. The Bertz CT molecular complexity index is 1010. The lowest BCUT2D eigenvalue weighted by atomic mass is 10.1. The van der Waals surface area contributed by atoms with Crippen LogP contribution in [-0.4, -0.2) is 44.7 Å². The van der Waals surface area contributed by atoms with Crippen molar-refractivity contribution in [1.29, 1.82) is 0 Å². The van der Waals surface area contributed by atoms with Gasteiger partial charge in [-0.15, -0.1) is 0 Å². The van der Waals surface area contributed by atoms with Gasteiger partial charge in [0, 0.05) is 23.3 Å². The SMILES string of the molecule is O=C(O)/C=C/c1ccc2c(c1)c1ccccc1n2[C@H]1C[C@@H](O)[C@@H](CO)O1. The van der Waals surface area contributed by atoms with Gasteiger partial charge in [-0.1, -0.05) is 24.3 Å². The van der Waals surface area contributed by atoms with Gasteiger partial charge in [0.05, 0.1) is 23.7 Å². The van der Waals surface area contributed by atoms with E-state index < -0.39 is 18.2 Å². The molecular weight excluding hydrogens is 334 g/mol. The fourth-order valence-corrected chi connectivity index (χ4v) is 3.64. The molecular formula is C20H19NO5. The Balaban J connectivity index is 1.88. The predicted molar refractivity (Wildman–Crippen MR) is 97.7 cm³/mol. The molecule has 1 saturated heterocycles. The van der Waals surface area contributed by atoms with Gasteiger partial charge in [-0.3, -0.25) is 0 Å². The Morgan fingerprint density at radius 3 is 2.69 bits per heavy atom. The summed E-state index contributed by atoms with van der Waals surface area (Å²) in [5, 5.41) is 30.3. The molecule has 0 amide bonds. The summed E-state index contributed by atoms with van der Waals surface area (Å²) < 4.78 is 7.90. The number of fused-ring (bicyclic) bond motifs is 3. The van der Waals surface area contributed by atoms with Crippen molar-refractivity contribution in [2.45, 2.75) is 24.9 Å². The molecule has 0 saturated carbocycles. The lowest BCUT2D eigenvalue weighted by Gasteiger charge is -2.16. The molecule has 1 aromatic heterocycles. The van der Waals surface area contributed by atoms with Crippen LogP contribution in [0.4, 0.5) is 0 Å². The molecule has 1 aliphatic heterocycles. The quantitative estimate of drug-likeness (QED) is 0.627. The number of aliphatic carboxylic acids is 1. The van der Waals surface area contributed by atoms with E-state index in [0.717, 1.165) is 33.4 Å². The zero-order valence-corrected chi connectivity index (χ0v) is 13.9. The predicted octanol–water partition coefficient (Wildman–Crippen LogP) is 2.53. The highest BCUT2D eigenvalue weighted by molar-refractivity contribution is 6.08. The van der Waals surface area contributed by atoms with Gasteiger partial charge in [0.25, 0.3) is 0 Å². The molecule has 6 heteroatoms. The maximum Gasteiger partial charge on any atom is 0.328 e. The van der Waals surface area contributed by atoms with E-state index in [0.29, 0.717) is 6.42 Å². The third-order valence-electron chi connectivity index (χ3n) is 4.82. The minimum absolute atomic E-state index is 0.223. The number of aliphatic hydroxyl groups excluding tert-OH is 2. The first-order valence-corrected chi connectivity index (χ1v) is 8.46. The summed E-state index contributed by atoms with van der Waals surface area (Å²) in [6.07, 6.45) is 1.41. The second-order valence-corrected chi connectivity index (χ2v) is 6.45. The fourth-order valence-electron chi connectivity index (χ4n) is 3.64. The van der Waals surface area contributed by atoms with Crippen LogP contribution in [0.15, 0.2) is 48.5 Å².